The molecule has 3 heterocycles. The molecule has 0 aliphatic rings. The van der Waals surface area contributed by atoms with Gasteiger partial charge in [-0.25, -0.2) is 4.68 Å². The fourth-order valence-electron chi connectivity index (χ4n) is 1.83. The van der Waals surface area contributed by atoms with Crippen LogP contribution in [-0.2, 0) is 6.54 Å². The lowest BCUT2D eigenvalue weighted by atomic mass is 10.3. The molecule has 0 aromatic carbocycles. The van der Waals surface area contributed by atoms with E-state index in [2.05, 4.69) is 25.0 Å². The van der Waals surface area contributed by atoms with Gasteiger partial charge in [-0.15, -0.1) is 0 Å². The first-order chi connectivity index (χ1) is 10.2. The Morgan fingerprint density at radius 2 is 2.10 bits per heavy atom. The molecule has 0 N–H and O–H groups in total. The van der Waals surface area contributed by atoms with Gasteiger partial charge in [0.05, 0.1) is 0 Å². The van der Waals surface area contributed by atoms with Gasteiger partial charge in [0, 0.05) is 38.4 Å². The SMILES string of the molecule is CN(Cc1cccnc1)c1nc(Cl)nc(-n2cccn2)n1. The van der Waals surface area contributed by atoms with Gasteiger partial charge in [-0.3, -0.25) is 4.98 Å². The fourth-order valence-corrected chi connectivity index (χ4v) is 1.98. The van der Waals surface area contributed by atoms with Crippen molar-refractivity contribution in [1.29, 1.82) is 0 Å². The van der Waals surface area contributed by atoms with E-state index in [0.717, 1.165) is 5.56 Å². The van der Waals surface area contributed by atoms with Crippen molar-refractivity contribution in [2.24, 2.45) is 0 Å². The summed E-state index contributed by atoms with van der Waals surface area (Å²) in [5, 5.41) is 4.22. The molecular weight excluding hydrogens is 290 g/mol. The summed E-state index contributed by atoms with van der Waals surface area (Å²) in [6, 6.07) is 5.66. The van der Waals surface area contributed by atoms with Gasteiger partial charge in [0.2, 0.25) is 11.2 Å². The standard InChI is InChI=1S/C13H12ClN7/c1-20(9-10-4-2-5-15-8-10)12-17-11(14)18-13(19-12)21-7-3-6-16-21/h2-8H,9H2,1H3. The molecule has 0 aliphatic carbocycles. The van der Waals surface area contributed by atoms with Gasteiger partial charge in [-0.2, -0.15) is 20.1 Å². The largest absolute Gasteiger partial charge is 0.339 e. The van der Waals surface area contributed by atoms with Gasteiger partial charge in [0.1, 0.15) is 0 Å². The lowest BCUT2D eigenvalue weighted by Gasteiger charge is -2.17. The molecule has 21 heavy (non-hydrogen) atoms. The number of anilines is 1. The molecule has 0 fully saturated rings. The Labute approximate surface area is 126 Å². The highest BCUT2D eigenvalue weighted by atomic mass is 35.5. The van der Waals surface area contributed by atoms with Gasteiger partial charge in [-0.05, 0) is 29.3 Å². The van der Waals surface area contributed by atoms with Crippen molar-refractivity contribution in [2.45, 2.75) is 6.54 Å². The summed E-state index contributed by atoms with van der Waals surface area (Å²) in [4.78, 5) is 18.5. The van der Waals surface area contributed by atoms with Crippen LogP contribution < -0.4 is 4.90 Å². The summed E-state index contributed by atoms with van der Waals surface area (Å²) in [6.07, 6.45) is 6.93. The van der Waals surface area contributed by atoms with E-state index in [1.54, 1.807) is 30.9 Å². The molecule has 0 bridgehead atoms. The monoisotopic (exact) mass is 301 g/mol. The van der Waals surface area contributed by atoms with E-state index >= 15 is 0 Å². The maximum absolute atomic E-state index is 5.97. The quantitative estimate of drug-likeness (QED) is 0.731. The van der Waals surface area contributed by atoms with E-state index in [9.17, 15) is 0 Å². The molecule has 106 valence electrons. The number of hydrogen-bond acceptors (Lipinski definition) is 6. The second-order valence-corrected chi connectivity index (χ2v) is 4.71. The summed E-state index contributed by atoms with van der Waals surface area (Å²) in [7, 11) is 1.88. The smallest absolute Gasteiger partial charge is 0.256 e. The van der Waals surface area contributed by atoms with Crippen LogP contribution in [0.3, 0.4) is 0 Å². The Balaban J connectivity index is 1.88. The average Bonchev–Trinajstić information content (AvgIpc) is 3.02. The number of aromatic nitrogens is 6. The molecule has 0 radical (unpaired) electrons. The molecule has 8 heteroatoms. The second-order valence-electron chi connectivity index (χ2n) is 4.37. The van der Waals surface area contributed by atoms with Crippen LogP contribution in [0, 0.1) is 0 Å². The zero-order valence-corrected chi connectivity index (χ0v) is 12.0. The Bertz CT molecular complexity index is 715. The van der Waals surface area contributed by atoms with Crippen molar-refractivity contribution in [2.75, 3.05) is 11.9 Å². The van der Waals surface area contributed by atoms with Crippen LogP contribution in [0.1, 0.15) is 5.56 Å². The lowest BCUT2D eigenvalue weighted by Crippen LogP contribution is -2.20. The van der Waals surface area contributed by atoms with E-state index in [0.29, 0.717) is 18.4 Å². The highest BCUT2D eigenvalue weighted by Gasteiger charge is 2.11. The minimum Gasteiger partial charge on any atom is -0.339 e. The molecule has 3 aromatic heterocycles. The molecule has 0 saturated carbocycles. The van der Waals surface area contributed by atoms with Crippen molar-refractivity contribution in [3.8, 4) is 5.95 Å². The van der Waals surface area contributed by atoms with Crippen LogP contribution in [0.2, 0.25) is 5.28 Å². The first-order valence-electron chi connectivity index (χ1n) is 6.24. The molecule has 3 rings (SSSR count). The lowest BCUT2D eigenvalue weighted by molar-refractivity contribution is 0.772. The first-order valence-corrected chi connectivity index (χ1v) is 6.62. The van der Waals surface area contributed by atoms with E-state index in [-0.39, 0.29) is 5.28 Å². The van der Waals surface area contributed by atoms with Crippen molar-refractivity contribution < 1.29 is 0 Å². The van der Waals surface area contributed by atoms with Gasteiger partial charge in [-0.1, -0.05) is 6.07 Å². The maximum atomic E-state index is 5.97. The predicted molar refractivity (Wildman–Crippen MR) is 78.3 cm³/mol. The topological polar surface area (TPSA) is 72.6 Å². The van der Waals surface area contributed by atoms with Crippen molar-refractivity contribution in [1.82, 2.24) is 29.7 Å². The molecule has 0 saturated heterocycles. The van der Waals surface area contributed by atoms with Gasteiger partial charge in [0.15, 0.2) is 0 Å². The van der Waals surface area contributed by atoms with Crippen molar-refractivity contribution in [3.05, 3.63) is 53.8 Å². The second kappa shape index (κ2) is 5.84. The van der Waals surface area contributed by atoms with Crippen molar-refractivity contribution >= 4 is 17.5 Å². The van der Waals surface area contributed by atoms with Crippen LogP contribution in [-0.4, -0.2) is 36.8 Å². The third kappa shape index (κ3) is 3.14. The molecule has 7 nitrogen and oxygen atoms in total. The highest BCUT2D eigenvalue weighted by Crippen LogP contribution is 2.14. The number of halogens is 1. The Kier molecular flexibility index (Phi) is 3.74. The minimum absolute atomic E-state index is 0.128. The van der Waals surface area contributed by atoms with Crippen LogP contribution >= 0.6 is 11.6 Å². The predicted octanol–water partition coefficient (Wildman–Crippen LogP) is 1.74. The van der Waals surface area contributed by atoms with E-state index in [4.69, 9.17) is 11.6 Å². The highest BCUT2D eigenvalue weighted by molar-refractivity contribution is 6.28. The summed E-state index contributed by atoms with van der Waals surface area (Å²) < 4.78 is 1.54. The number of nitrogens with zero attached hydrogens (tertiary/aromatic N) is 7. The van der Waals surface area contributed by atoms with Gasteiger partial charge >= 0.3 is 0 Å². The fraction of sp³-hybridized carbons (Fsp3) is 0.154. The first kappa shape index (κ1) is 13.4. The molecule has 0 atom stereocenters. The van der Waals surface area contributed by atoms with Crippen molar-refractivity contribution in [3.63, 3.8) is 0 Å². The minimum atomic E-state index is 0.128. The maximum Gasteiger partial charge on any atom is 0.256 e. The Morgan fingerprint density at radius 1 is 1.19 bits per heavy atom. The van der Waals surface area contributed by atoms with Gasteiger partial charge in [0.25, 0.3) is 5.95 Å². The Morgan fingerprint density at radius 3 is 2.81 bits per heavy atom. The normalized spacial score (nSPS) is 10.6. The van der Waals surface area contributed by atoms with E-state index in [1.165, 1.54) is 4.68 Å². The summed E-state index contributed by atoms with van der Waals surface area (Å²) in [5.74, 6) is 0.859. The van der Waals surface area contributed by atoms with Crippen LogP contribution in [0.5, 0.6) is 0 Å². The number of pyridine rings is 1. The third-order valence-corrected chi connectivity index (χ3v) is 2.95. The molecule has 3 aromatic rings. The zero-order valence-electron chi connectivity index (χ0n) is 11.3. The molecule has 0 aliphatic heterocycles. The summed E-state index contributed by atoms with van der Waals surface area (Å²) >= 11 is 5.97. The van der Waals surface area contributed by atoms with Gasteiger partial charge < -0.3 is 4.90 Å². The number of rotatable bonds is 4. The third-order valence-electron chi connectivity index (χ3n) is 2.78. The van der Waals surface area contributed by atoms with Crippen LogP contribution in [0.15, 0.2) is 43.0 Å². The summed E-state index contributed by atoms with van der Waals surface area (Å²) in [5.41, 5.74) is 1.05. The zero-order chi connectivity index (χ0) is 14.7. The van der Waals surface area contributed by atoms with Crippen LogP contribution in [0.4, 0.5) is 5.95 Å². The average molecular weight is 302 g/mol. The van der Waals surface area contributed by atoms with E-state index < -0.39 is 0 Å². The summed E-state index contributed by atoms with van der Waals surface area (Å²) in [6.45, 7) is 0.618. The molecule has 0 unspecified atom stereocenters. The molecule has 0 spiro atoms. The van der Waals surface area contributed by atoms with Crippen LogP contribution in [0.25, 0.3) is 5.95 Å². The van der Waals surface area contributed by atoms with E-state index in [1.807, 2.05) is 24.1 Å². The Hall–Kier alpha value is -2.54. The molecule has 0 amide bonds. The molecular formula is C13H12ClN7. The number of hydrogen-bond donors (Lipinski definition) is 0.